The molecular formula is C13H22N2O. The third-order valence-corrected chi connectivity index (χ3v) is 3.89. The lowest BCUT2D eigenvalue weighted by molar-refractivity contribution is -0.142. The number of carbonyl (C=O) groups excluding carboxylic acids is 1. The van der Waals surface area contributed by atoms with E-state index in [4.69, 9.17) is 0 Å². The third kappa shape index (κ3) is 2.21. The van der Waals surface area contributed by atoms with E-state index in [0.29, 0.717) is 18.9 Å². The number of hydrogen-bond acceptors (Lipinski definition) is 2. The van der Waals surface area contributed by atoms with Crippen molar-refractivity contribution in [2.75, 3.05) is 6.54 Å². The van der Waals surface area contributed by atoms with Crippen LogP contribution in [-0.4, -0.2) is 23.4 Å². The monoisotopic (exact) mass is 222 g/mol. The lowest BCUT2D eigenvalue weighted by Crippen LogP contribution is -2.49. The van der Waals surface area contributed by atoms with E-state index in [9.17, 15) is 10.1 Å². The van der Waals surface area contributed by atoms with Gasteiger partial charge in [-0.2, -0.15) is 5.26 Å². The summed E-state index contributed by atoms with van der Waals surface area (Å²) in [6.07, 6.45) is 4.57. The smallest absolute Gasteiger partial charge is 0.243 e. The molecular weight excluding hydrogens is 200 g/mol. The van der Waals surface area contributed by atoms with Crippen LogP contribution in [0.25, 0.3) is 0 Å². The minimum absolute atomic E-state index is 0.0483. The van der Waals surface area contributed by atoms with Gasteiger partial charge in [0.2, 0.25) is 5.91 Å². The predicted molar refractivity (Wildman–Crippen MR) is 63.7 cm³/mol. The van der Waals surface area contributed by atoms with Crippen molar-refractivity contribution in [2.45, 2.75) is 58.9 Å². The van der Waals surface area contributed by atoms with Gasteiger partial charge in [-0.05, 0) is 39.0 Å². The third-order valence-electron chi connectivity index (χ3n) is 3.89. The molecule has 1 saturated heterocycles. The minimum Gasteiger partial charge on any atom is -0.339 e. The highest BCUT2D eigenvalue weighted by Gasteiger charge is 2.40. The van der Waals surface area contributed by atoms with Crippen molar-refractivity contribution >= 4 is 5.91 Å². The zero-order valence-corrected chi connectivity index (χ0v) is 10.6. The van der Waals surface area contributed by atoms with Gasteiger partial charge in [-0.15, -0.1) is 0 Å². The SMILES string of the molecule is CCC(C#N)(CC)C(=O)N1CCCCC1C. The van der Waals surface area contributed by atoms with Gasteiger partial charge in [-0.3, -0.25) is 4.79 Å². The van der Waals surface area contributed by atoms with Crippen LogP contribution < -0.4 is 0 Å². The fourth-order valence-corrected chi connectivity index (χ4v) is 2.43. The standard InChI is InChI=1S/C13H22N2O/c1-4-13(5-2,10-14)12(16)15-9-7-6-8-11(15)3/h11H,4-9H2,1-3H3. The normalized spacial score (nSPS) is 21.6. The fraction of sp³-hybridized carbons (Fsp3) is 0.846. The number of piperidine rings is 1. The van der Waals surface area contributed by atoms with E-state index >= 15 is 0 Å². The second kappa shape index (κ2) is 5.34. The summed E-state index contributed by atoms with van der Waals surface area (Å²) in [4.78, 5) is 14.3. The molecule has 0 bridgehead atoms. The summed E-state index contributed by atoms with van der Waals surface area (Å²) >= 11 is 0. The second-order valence-electron chi connectivity index (χ2n) is 4.74. The van der Waals surface area contributed by atoms with Gasteiger partial charge < -0.3 is 4.90 Å². The van der Waals surface area contributed by atoms with Crippen molar-refractivity contribution in [3.8, 4) is 6.07 Å². The average Bonchev–Trinajstić information content (AvgIpc) is 2.32. The van der Waals surface area contributed by atoms with Crippen LogP contribution >= 0.6 is 0 Å². The van der Waals surface area contributed by atoms with Crippen LogP contribution in [-0.2, 0) is 4.79 Å². The van der Waals surface area contributed by atoms with Crippen LogP contribution in [0.1, 0.15) is 52.9 Å². The van der Waals surface area contributed by atoms with E-state index in [2.05, 4.69) is 13.0 Å². The Kier molecular flexibility index (Phi) is 4.35. The highest BCUT2D eigenvalue weighted by molar-refractivity contribution is 5.85. The number of likely N-dealkylation sites (tertiary alicyclic amines) is 1. The first-order valence-corrected chi connectivity index (χ1v) is 6.33. The van der Waals surface area contributed by atoms with Crippen LogP contribution in [0.2, 0.25) is 0 Å². The van der Waals surface area contributed by atoms with Crippen molar-refractivity contribution in [3.63, 3.8) is 0 Å². The molecule has 0 aromatic carbocycles. The molecule has 1 aliphatic heterocycles. The summed E-state index contributed by atoms with van der Waals surface area (Å²) in [5.41, 5.74) is -0.786. The Bertz CT molecular complexity index is 289. The number of amides is 1. The molecule has 1 aliphatic rings. The van der Waals surface area contributed by atoms with Crippen LogP contribution in [0.5, 0.6) is 0 Å². The highest BCUT2D eigenvalue weighted by atomic mass is 16.2. The molecule has 1 rings (SSSR count). The van der Waals surface area contributed by atoms with Gasteiger partial charge in [-0.1, -0.05) is 13.8 Å². The Morgan fingerprint density at radius 1 is 1.44 bits per heavy atom. The summed E-state index contributed by atoms with van der Waals surface area (Å²) in [5, 5.41) is 9.27. The summed E-state index contributed by atoms with van der Waals surface area (Å²) in [6, 6.07) is 2.54. The maximum absolute atomic E-state index is 12.4. The van der Waals surface area contributed by atoms with Gasteiger partial charge in [-0.25, -0.2) is 0 Å². The van der Waals surface area contributed by atoms with Crippen LogP contribution in [0.15, 0.2) is 0 Å². The molecule has 1 amide bonds. The summed E-state index contributed by atoms with van der Waals surface area (Å²) in [7, 11) is 0. The van der Waals surface area contributed by atoms with Crippen LogP contribution in [0, 0.1) is 16.7 Å². The number of hydrogen-bond donors (Lipinski definition) is 0. The molecule has 3 nitrogen and oxygen atoms in total. The molecule has 90 valence electrons. The molecule has 0 spiro atoms. The molecule has 16 heavy (non-hydrogen) atoms. The fourth-order valence-electron chi connectivity index (χ4n) is 2.43. The van der Waals surface area contributed by atoms with Crippen LogP contribution in [0.3, 0.4) is 0 Å². The summed E-state index contributed by atoms with van der Waals surface area (Å²) < 4.78 is 0. The Balaban J connectivity index is 2.86. The second-order valence-corrected chi connectivity index (χ2v) is 4.74. The average molecular weight is 222 g/mol. The van der Waals surface area contributed by atoms with E-state index < -0.39 is 5.41 Å². The van der Waals surface area contributed by atoms with Gasteiger partial charge in [0.25, 0.3) is 0 Å². The Labute approximate surface area is 98.4 Å². The number of rotatable bonds is 3. The van der Waals surface area contributed by atoms with E-state index in [-0.39, 0.29) is 5.91 Å². The van der Waals surface area contributed by atoms with E-state index in [0.717, 1.165) is 19.4 Å². The van der Waals surface area contributed by atoms with Crippen molar-refractivity contribution in [1.29, 1.82) is 5.26 Å². The highest BCUT2D eigenvalue weighted by Crippen LogP contribution is 2.31. The molecule has 0 aliphatic carbocycles. The first-order chi connectivity index (χ1) is 7.61. The summed E-state index contributed by atoms with van der Waals surface area (Å²) in [5.74, 6) is 0.0483. The largest absolute Gasteiger partial charge is 0.339 e. The number of nitrogens with zero attached hydrogens (tertiary/aromatic N) is 2. The molecule has 3 heteroatoms. The van der Waals surface area contributed by atoms with E-state index in [1.54, 1.807) is 0 Å². The zero-order chi connectivity index (χ0) is 12.2. The van der Waals surface area contributed by atoms with Crippen molar-refractivity contribution in [3.05, 3.63) is 0 Å². The Morgan fingerprint density at radius 3 is 2.50 bits per heavy atom. The van der Waals surface area contributed by atoms with Crippen molar-refractivity contribution < 1.29 is 4.79 Å². The molecule has 0 radical (unpaired) electrons. The van der Waals surface area contributed by atoms with E-state index in [1.807, 2.05) is 18.7 Å². The predicted octanol–water partition coefficient (Wildman–Crippen LogP) is 2.72. The lowest BCUT2D eigenvalue weighted by atomic mass is 9.81. The molecule has 0 aromatic heterocycles. The van der Waals surface area contributed by atoms with Gasteiger partial charge >= 0.3 is 0 Å². The lowest BCUT2D eigenvalue weighted by Gasteiger charge is -2.38. The Morgan fingerprint density at radius 2 is 2.06 bits per heavy atom. The van der Waals surface area contributed by atoms with E-state index in [1.165, 1.54) is 6.42 Å². The molecule has 1 unspecified atom stereocenters. The van der Waals surface area contributed by atoms with Gasteiger partial charge in [0.05, 0.1) is 6.07 Å². The summed E-state index contributed by atoms with van der Waals surface area (Å²) in [6.45, 7) is 6.77. The number of nitriles is 1. The van der Waals surface area contributed by atoms with Crippen LogP contribution in [0.4, 0.5) is 0 Å². The molecule has 1 heterocycles. The minimum atomic E-state index is -0.786. The first-order valence-electron chi connectivity index (χ1n) is 6.33. The molecule has 0 aromatic rings. The molecule has 0 saturated carbocycles. The zero-order valence-electron chi connectivity index (χ0n) is 10.6. The molecule has 0 N–H and O–H groups in total. The molecule has 1 atom stereocenters. The van der Waals surface area contributed by atoms with Gasteiger partial charge in [0.15, 0.2) is 0 Å². The van der Waals surface area contributed by atoms with Gasteiger partial charge in [0.1, 0.15) is 5.41 Å². The number of carbonyl (C=O) groups is 1. The molecule has 1 fully saturated rings. The quantitative estimate of drug-likeness (QED) is 0.737. The first kappa shape index (κ1) is 13.0. The Hall–Kier alpha value is -1.04. The maximum atomic E-state index is 12.4. The van der Waals surface area contributed by atoms with Gasteiger partial charge in [0, 0.05) is 12.6 Å². The van der Waals surface area contributed by atoms with Crippen molar-refractivity contribution in [1.82, 2.24) is 4.90 Å². The van der Waals surface area contributed by atoms with Crippen molar-refractivity contribution in [2.24, 2.45) is 5.41 Å². The topological polar surface area (TPSA) is 44.1 Å². The maximum Gasteiger partial charge on any atom is 0.243 e.